The van der Waals surface area contributed by atoms with Crippen molar-refractivity contribution in [3.05, 3.63) is 48.5 Å². The first-order valence-electron chi connectivity index (χ1n) is 9.28. The summed E-state index contributed by atoms with van der Waals surface area (Å²) in [6.45, 7) is 1.35. The van der Waals surface area contributed by atoms with E-state index in [1.54, 1.807) is 24.5 Å². The molecule has 2 aromatic carbocycles. The zero-order valence-corrected chi connectivity index (χ0v) is 16.5. The summed E-state index contributed by atoms with van der Waals surface area (Å²) in [5, 5.41) is 0.701. The number of para-hydroxylation sites is 1. The average molecular weight is 398 g/mol. The number of piperidine rings is 1. The minimum Gasteiger partial charge on any atom is -0.497 e. The van der Waals surface area contributed by atoms with E-state index < -0.39 is 0 Å². The molecular weight excluding hydrogens is 376 g/mol. The van der Waals surface area contributed by atoms with Crippen molar-refractivity contribution in [3.63, 3.8) is 0 Å². The highest BCUT2D eigenvalue weighted by molar-refractivity contribution is 7.20. The van der Waals surface area contributed by atoms with Gasteiger partial charge in [-0.05, 0) is 24.3 Å². The molecule has 7 heteroatoms. The number of hydrogen-bond acceptors (Lipinski definition) is 6. The Morgan fingerprint density at radius 3 is 2.71 bits per heavy atom. The summed E-state index contributed by atoms with van der Waals surface area (Å²) >= 11 is 1.56. The van der Waals surface area contributed by atoms with Crippen LogP contribution in [-0.2, 0) is 4.79 Å². The number of carbonyl (C=O) groups excluding carboxylic acids is 1. The zero-order valence-electron chi connectivity index (χ0n) is 15.7. The van der Waals surface area contributed by atoms with Crippen LogP contribution < -0.4 is 14.2 Å². The Hall–Kier alpha value is -2.80. The second-order valence-corrected chi connectivity index (χ2v) is 7.61. The number of carbonyl (C=O) groups is 1. The highest BCUT2D eigenvalue weighted by atomic mass is 32.1. The molecule has 0 bridgehead atoms. The summed E-state index contributed by atoms with van der Waals surface area (Å²) < 4.78 is 17.9. The minimum absolute atomic E-state index is 0.0127. The van der Waals surface area contributed by atoms with E-state index in [1.807, 2.05) is 47.4 Å². The molecule has 28 heavy (non-hydrogen) atoms. The molecule has 1 aliphatic rings. The van der Waals surface area contributed by atoms with Crippen molar-refractivity contribution in [3.8, 4) is 16.7 Å². The van der Waals surface area contributed by atoms with Gasteiger partial charge in [0.2, 0.25) is 0 Å². The van der Waals surface area contributed by atoms with Gasteiger partial charge in [0, 0.05) is 32.0 Å². The third-order valence-electron chi connectivity index (χ3n) is 4.74. The number of likely N-dealkylation sites (tertiary alicyclic amines) is 1. The van der Waals surface area contributed by atoms with E-state index in [4.69, 9.17) is 14.2 Å². The van der Waals surface area contributed by atoms with E-state index in [0.717, 1.165) is 23.1 Å². The number of hydrogen-bond donors (Lipinski definition) is 0. The van der Waals surface area contributed by atoms with E-state index >= 15 is 0 Å². The van der Waals surface area contributed by atoms with Crippen LogP contribution in [0.5, 0.6) is 16.7 Å². The van der Waals surface area contributed by atoms with E-state index in [9.17, 15) is 4.79 Å². The second-order valence-electron chi connectivity index (χ2n) is 6.61. The Kier molecular flexibility index (Phi) is 5.62. The van der Waals surface area contributed by atoms with E-state index in [1.165, 1.54) is 0 Å². The van der Waals surface area contributed by atoms with Gasteiger partial charge in [0.15, 0.2) is 6.61 Å². The quantitative estimate of drug-likeness (QED) is 0.633. The lowest BCUT2D eigenvalue weighted by atomic mass is 10.1. The molecule has 1 aromatic heterocycles. The van der Waals surface area contributed by atoms with Gasteiger partial charge in [-0.25, -0.2) is 4.98 Å². The first kappa shape index (κ1) is 18.6. The van der Waals surface area contributed by atoms with Crippen LogP contribution in [0.1, 0.15) is 12.8 Å². The number of nitrogens with zero attached hydrogens (tertiary/aromatic N) is 2. The van der Waals surface area contributed by atoms with Crippen LogP contribution in [0.25, 0.3) is 10.2 Å². The molecule has 146 valence electrons. The second kappa shape index (κ2) is 8.48. The Bertz CT molecular complexity index is 917. The van der Waals surface area contributed by atoms with Gasteiger partial charge in [-0.2, -0.15) is 0 Å². The van der Waals surface area contributed by atoms with Crippen LogP contribution in [0.15, 0.2) is 48.5 Å². The first-order valence-corrected chi connectivity index (χ1v) is 10.1. The molecule has 0 unspecified atom stereocenters. The van der Waals surface area contributed by atoms with Gasteiger partial charge < -0.3 is 19.1 Å². The fourth-order valence-corrected chi connectivity index (χ4v) is 4.08. The number of aromatic nitrogens is 1. The van der Waals surface area contributed by atoms with Gasteiger partial charge in [-0.3, -0.25) is 4.79 Å². The third-order valence-corrected chi connectivity index (χ3v) is 5.67. The molecule has 3 aromatic rings. The molecule has 0 N–H and O–H groups in total. The molecule has 1 aliphatic heterocycles. The Morgan fingerprint density at radius 1 is 1.14 bits per heavy atom. The van der Waals surface area contributed by atoms with E-state index in [2.05, 4.69) is 4.98 Å². The summed E-state index contributed by atoms with van der Waals surface area (Å²) in [4.78, 5) is 18.8. The number of amides is 1. The highest BCUT2D eigenvalue weighted by Crippen LogP contribution is 2.29. The monoisotopic (exact) mass is 398 g/mol. The number of fused-ring (bicyclic) bond motifs is 1. The maximum Gasteiger partial charge on any atom is 0.274 e. The zero-order chi connectivity index (χ0) is 19.3. The Balaban J connectivity index is 1.25. The fraction of sp³-hybridized carbons (Fsp3) is 0.333. The fourth-order valence-electron chi connectivity index (χ4n) is 3.19. The molecule has 0 aliphatic carbocycles. The predicted molar refractivity (Wildman–Crippen MR) is 108 cm³/mol. The molecule has 0 atom stereocenters. The van der Waals surface area contributed by atoms with Crippen LogP contribution in [0.2, 0.25) is 0 Å². The summed E-state index contributed by atoms with van der Waals surface area (Å²) in [7, 11) is 1.60. The number of rotatable bonds is 6. The predicted octanol–water partition coefficient (Wildman–Crippen LogP) is 3.75. The molecule has 4 rings (SSSR count). The van der Waals surface area contributed by atoms with Crippen molar-refractivity contribution >= 4 is 27.5 Å². The van der Waals surface area contributed by atoms with Crippen molar-refractivity contribution in [2.45, 2.75) is 18.9 Å². The maximum absolute atomic E-state index is 12.4. The molecule has 2 heterocycles. The van der Waals surface area contributed by atoms with Crippen LogP contribution >= 0.6 is 11.3 Å². The van der Waals surface area contributed by atoms with Crippen LogP contribution in [-0.4, -0.2) is 48.7 Å². The van der Waals surface area contributed by atoms with Crippen LogP contribution in [0, 0.1) is 0 Å². The van der Waals surface area contributed by atoms with Crippen molar-refractivity contribution < 1.29 is 19.0 Å². The number of methoxy groups -OCH3 is 1. The standard InChI is InChI=1S/C21H22N2O4S/c1-25-16-5-4-6-17(13-16)26-14-20(24)23-11-9-15(10-12-23)27-21-22-18-7-2-3-8-19(18)28-21/h2-8,13,15H,9-12,14H2,1H3. The number of ether oxygens (including phenoxy) is 3. The van der Waals surface area contributed by atoms with E-state index in [0.29, 0.717) is 29.8 Å². The lowest BCUT2D eigenvalue weighted by molar-refractivity contribution is -0.135. The molecule has 0 radical (unpaired) electrons. The van der Waals surface area contributed by atoms with Gasteiger partial charge in [-0.15, -0.1) is 0 Å². The van der Waals surface area contributed by atoms with Crippen molar-refractivity contribution in [1.29, 1.82) is 0 Å². The normalized spacial score (nSPS) is 14.8. The molecule has 0 saturated carbocycles. The lowest BCUT2D eigenvalue weighted by Crippen LogP contribution is -2.43. The minimum atomic E-state index is -0.0127. The molecule has 1 amide bonds. The number of benzene rings is 2. The highest BCUT2D eigenvalue weighted by Gasteiger charge is 2.25. The van der Waals surface area contributed by atoms with Crippen molar-refractivity contribution in [1.82, 2.24) is 9.88 Å². The van der Waals surface area contributed by atoms with Gasteiger partial charge in [-0.1, -0.05) is 29.5 Å². The van der Waals surface area contributed by atoms with Crippen molar-refractivity contribution in [2.24, 2.45) is 0 Å². The van der Waals surface area contributed by atoms with Crippen molar-refractivity contribution in [2.75, 3.05) is 26.8 Å². The van der Waals surface area contributed by atoms with Crippen LogP contribution in [0.4, 0.5) is 0 Å². The van der Waals surface area contributed by atoms with Gasteiger partial charge in [0.05, 0.1) is 17.3 Å². The SMILES string of the molecule is COc1cccc(OCC(=O)N2CCC(Oc3nc4ccccc4s3)CC2)c1. The topological polar surface area (TPSA) is 60.9 Å². The average Bonchev–Trinajstić information content (AvgIpc) is 3.15. The molecule has 1 fully saturated rings. The third kappa shape index (κ3) is 4.36. The molecule has 0 spiro atoms. The summed E-state index contributed by atoms with van der Waals surface area (Å²) in [6, 6.07) is 15.3. The summed E-state index contributed by atoms with van der Waals surface area (Å²) in [5.41, 5.74) is 0.963. The smallest absolute Gasteiger partial charge is 0.274 e. The summed E-state index contributed by atoms with van der Waals surface area (Å²) in [6.07, 6.45) is 1.67. The molecule has 1 saturated heterocycles. The maximum atomic E-state index is 12.4. The largest absolute Gasteiger partial charge is 0.497 e. The summed E-state index contributed by atoms with van der Waals surface area (Å²) in [5.74, 6) is 1.32. The lowest BCUT2D eigenvalue weighted by Gasteiger charge is -2.31. The molecule has 6 nitrogen and oxygen atoms in total. The van der Waals surface area contributed by atoms with Gasteiger partial charge >= 0.3 is 0 Å². The Morgan fingerprint density at radius 2 is 1.93 bits per heavy atom. The molecular formula is C21H22N2O4S. The van der Waals surface area contributed by atoms with E-state index in [-0.39, 0.29) is 18.6 Å². The van der Waals surface area contributed by atoms with Gasteiger partial charge in [0.1, 0.15) is 17.6 Å². The van der Waals surface area contributed by atoms with Crippen LogP contribution in [0.3, 0.4) is 0 Å². The first-order chi connectivity index (χ1) is 13.7. The van der Waals surface area contributed by atoms with Gasteiger partial charge in [0.25, 0.3) is 11.1 Å². The number of thiazole rings is 1. The Labute approximate surface area is 167 Å².